The Morgan fingerprint density at radius 1 is 1.08 bits per heavy atom. The summed E-state index contributed by atoms with van der Waals surface area (Å²) in [5.74, 6) is 0.303. The van der Waals surface area contributed by atoms with E-state index in [-0.39, 0.29) is 29.6 Å². The van der Waals surface area contributed by atoms with Crippen LogP contribution < -0.4 is 15.0 Å². The Morgan fingerprint density at radius 3 is 2.61 bits per heavy atom. The molecule has 192 valence electrons. The molecule has 3 heterocycles. The molecule has 9 heteroatoms. The fraction of sp³-hybridized carbons (Fsp3) is 0.481. The first-order valence-electron chi connectivity index (χ1n) is 12.6. The van der Waals surface area contributed by atoms with Crippen molar-refractivity contribution in [1.29, 1.82) is 0 Å². The van der Waals surface area contributed by atoms with E-state index >= 15 is 0 Å². The summed E-state index contributed by atoms with van der Waals surface area (Å²) in [6.07, 6.45) is 0.612. The van der Waals surface area contributed by atoms with Gasteiger partial charge in [0.1, 0.15) is 11.6 Å². The number of piperazine rings is 1. The van der Waals surface area contributed by atoms with Crippen LogP contribution in [-0.2, 0) is 27.3 Å². The van der Waals surface area contributed by atoms with E-state index in [9.17, 15) is 14.0 Å². The van der Waals surface area contributed by atoms with Crippen molar-refractivity contribution < 1.29 is 23.5 Å². The first-order valence-corrected chi connectivity index (χ1v) is 12.6. The highest BCUT2D eigenvalue weighted by Gasteiger charge is 2.42. The van der Waals surface area contributed by atoms with Crippen molar-refractivity contribution in [2.45, 2.75) is 19.0 Å². The van der Waals surface area contributed by atoms with Gasteiger partial charge in [0.25, 0.3) is 0 Å². The van der Waals surface area contributed by atoms with Gasteiger partial charge in [-0.2, -0.15) is 0 Å². The summed E-state index contributed by atoms with van der Waals surface area (Å²) in [6.45, 7) is 5.20. The Kier molecular flexibility index (Phi) is 7.38. The number of benzene rings is 2. The number of carbonyl (C=O) groups excluding carboxylic acids is 2. The van der Waals surface area contributed by atoms with Gasteiger partial charge < -0.3 is 24.6 Å². The molecule has 3 aliphatic heterocycles. The minimum absolute atomic E-state index is 0.0304. The number of amides is 2. The van der Waals surface area contributed by atoms with E-state index in [1.54, 1.807) is 19.2 Å². The maximum absolute atomic E-state index is 13.5. The number of nitrogens with zero attached hydrogens (tertiary/aromatic N) is 3. The van der Waals surface area contributed by atoms with Gasteiger partial charge in [0.15, 0.2) is 0 Å². The Labute approximate surface area is 210 Å². The summed E-state index contributed by atoms with van der Waals surface area (Å²) in [6, 6.07) is 12.1. The molecule has 0 unspecified atom stereocenters. The normalized spacial score (nSPS) is 21.9. The summed E-state index contributed by atoms with van der Waals surface area (Å²) < 4.78 is 24.1. The van der Waals surface area contributed by atoms with E-state index in [1.807, 2.05) is 23.1 Å². The van der Waals surface area contributed by atoms with Crippen LogP contribution in [0.2, 0.25) is 0 Å². The molecule has 0 radical (unpaired) electrons. The number of rotatable bonds is 6. The van der Waals surface area contributed by atoms with E-state index < -0.39 is 0 Å². The molecule has 1 N–H and O–H groups in total. The predicted molar refractivity (Wildman–Crippen MR) is 133 cm³/mol. The maximum Gasteiger partial charge on any atom is 0.236 e. The summed E-state index contributed by atoms with van der Waals surface area (Å²) in [5.41, 5.74) is 3.07. The minimum Gasteiger partial charge on any atom is -0.497 e. The molecule has 0 spiro atoms. The SMILES string of the molecule is COc1ccc2c(c1)N1CCN(CC(=O)N3CCOCC3)C[C@@H]1[C@H](C(=O)NCc1ccc(F)cc1)C2. The van der Waals surface area contributed by atoms with E-state index in [1.165, 1.54) is 12.1 Å². The van der Waals surface area contributed by atoms with E-state index in [0.29, 0.717) is 52.4 Å². The van der Waals surface area contributed by atoms with Gasteiger partial charge in [-0.3, -0.25) is 14.5 Å². The summed E-state index contributed by atoms with van der Waals surface area (Å²) in [5, 5.41) is 3.06. The highest BCUT2D eigenvalue weighted by atomic mass is 19.1. The third-order valence-corrected chi connectivity index (χ3v) is 7.45. The lowest BCUT2D eigenvalue weighted by Gasteiger charge is -2.49. The lowest BCUT2D eigenvalue weighted by Crippen LogP contribution is -2.62. The van der Waals surface area contributed by atoms with Crippen LogP contribution >= 0.6 is 0 Å². The molecule has 0 aromatic heterocycles. The average Bonchev–Trinajstić information content (AvgIpc) is 2.92. The van der Waals surface area contributed by atoms with Crippen molar-refractivity contribution >= 4 is 17.5 Å². The summed E-state index contributed by atoms with van der Waals surface area (Å²) in [7, 11) is 1.66. The molecule has 2 amide bonds. The zero-order chi connectivity index (χ0) is 25.1. The second-order valence-corrected chi connectivity index (χ2v) is 9.64. The van der Waals surface area contributed by atoms with Gasteiger partial charge in [0, 0.05) is 51.0 Å². The number of ether oxygens (including phenoxy) is 2. The van der Waals surface area contributed by atoms with Gasteiger partial charge in [-0.15, -0.1) is 0 Å². The first kappa shape index (κ1) is 24.5. The lowest BCUT2D eigenvalue weighted by molar-refractivity contribution is -0.136. The first-order chi connectivity index (χ1) is 17.5. The number of hydrogen-bond donors (Lipinski definition) is 1. The van der Waals surface area contributed by atoms with Gasteiger partial charge in [-0.1, -0.05) is 18.2 Å². The van der Waals surface area contributed by atoms with E-state index in [0.717, 1.165) is 35.7 Å². The largest absolute Gasteiger partial charge is 0.497 e. The second kappa shape index (κ2) is 10.8. The third kappa shape index (κ3) is 5.32. The molecule has 3 aliphatic rings. The number of hydrogen-bond acceptors (Lipinski definition) is 6. The zero-order valence-electron chi connectivity index (χ0n) is 20.6. The van der Waals surface area contributed by atoms with Crippen molar-refractivity contribution in [3.05, 3.63) is 59.4 Å². The van der Waals surface area contributed by atoms with Crippen LogP contribution in [0, 0.1) is 11.7 Å². The standard InChI is InChI=1S/C27H33FN4O4/c1-35-22-7-4-20-14-23(27(34)29-16-19-2-5-21(28)6-3-19)25-17-30(8-9-32(25)24(20)15-22)18-26(33)31-10-12-36-13-11-31/h2-7,15,23,25H,8-14,16-18H2,1H3,(H,29,34)/t23-,25-/m1/s1. The second-order valence-electron chi connectivity index (χ2n) is 9.64. The van der Waals surface area contributed by atoms with Crippen molar-refractivity contribution in [3.63, 3.8) is 0 Å². The van der Waals surface area contributed by atoms with Gasteiger partial charge in [-0.05, 0) is 35.7 Å². The number of carbonyl (C=O) groups is 2. The van der Waals surface area contributed by atoms with Gasteiger partial charge in [0.2, 0.25) is 11.8 Å². The molecule has 2 atom stereocenters. The number of morpholine rings is 1. The Hall–Kier alpha value is -3.17. The molecule has 0 bridgehead atoms. The zero-order valence-corrected chi connectivity index (χ0v) is 20.6. The number of fused-ring (bicyclic) bond motifs is 3. The highest BCUT2D eigenvalue weighted by molar-refractivity contribution is 5.82. The molecule has 2 aromatic rings. The van der Waals surface area contributed by atoms with Crippen LogP contribution in [0.1, 0.15) is 11.1 Å². The van der Waals surface area contributed by atoms with Crippen LogP contribution in [-0.4, -0.2) is 87.2 Å². The lowest BCUT2D eigenvalue weighted by atomic mass is 9.83. The Balaban J connectivity index is 1.32. The highest BCUT2D eigenvalue weighted by Crippen LogP contribution is 2.38. The molecular weight excluding hydrogens is 463 g/mol. The quantitative estimate of drug-likeness (QED) is 0.656. The van der Waals surface area contributed by atoms with Crippen LogP contribution in [0.4, 0.5) is 10.1 Å². The van der Waals surface area contributed by atoms with E-state index in [4.69, 9.17) is 9.47 Å². The smallest absolute Gasteiger partial charge is 0.236 e. The van der Waals surface area contributed by atoms with Crippen LogP contribution in [0.15, 0.2) is 42.5 Å². The molecular formula is C27H33FN4O4. The van der Waals surface area contributed by atoms with Crippen molar-refractivity contribution in [1.82, 2.24) is 15.1 Å². The molecule has 8 nitrogen and oxygen atoms in total. The van der Waals surface area contributed by atoms with Crippen molar-refractivity contribution in [2.75, 3.05) is 64.5 Å². The monoisotopic (exact) mass is 496 g/mol. The molecule has 2 aromatic carbocycles. The summed E-state index contributed by atoms with van der Waals surface area (Å²) >= 11 is 0. The number of nitrogens with one attached hydrogen (secondary N) is 1. The topological polar surface area (TPSA) is 74.3 Å². The maximum atomic E-state index is 13.5. The van der Waals surface area contributed by atoms with Crippen LogP contribution in [0.25, 0.3) is 0 Å². The fourth-order valence-corrected chi connectivity index (χ4v) is 5.43. The number of anilines is 1. The van der Waals surface area contributed by atoms with Gasteiger partial charge in [-0.25, -0.2) is 4.39 Å². The molecule has 5 rings (SSSR count). The van der Waals surface area contributed by atoms with Crippen LogP contribution in [0.3, 0.4) is 0 Å². The molecule has 2 fully saturated rings. The van der Waals surface area contributed by atoms with E-state index in [2.05, 4.69) is 15.1 Å². The third-order valence-electron chi connectivity index (χ3n) is 7.45. The molecule has 0 aliphatic carbocycles. The molecule has 0 saturated carbocycles. The summed E-state index contributed by atoms with van der Waals surface area (Å²) in [4.78, 5) is 32.7. The van der Waals surface area contributed by atoms with Crippen molar-refractivity contribution in [2.24, 2.45) is 5.92 Å². The average molecular weight is 497 g/mol. The fourth-order valence-electron chi connectivity index (χ4n) is 5.43. The molecule has 2 saturated heterocycles. The number of halogens is 1. The Bertz CT molecular complexity index is 1090. The number of methoxy groups -OCH3 is 1. The van der Waals surface area contributed by atoms with Gasteiger partial charge >= 0.3 is 0 Å². The minimum atomic E-state index is -0.297. The van der Waals surface area contributed by atoms with Crippen molar-refractivity contribution in [3.8, 4) is 5.75 Å². The predicted octanol–water partition coefficient (Wildman–Crippen LogP) is 1.67. The Morgan fingerprint density at radius 2 is 1.86 bits per heavy atom. The van der Waals surface area contributed by atoms with Crippen LogP contribution in [0.5, 0.6) is 5.75 Å². The van der Waals surface area contributed by atoms with Gasteiger partial charge in [0.05, 0.1) is 38.8 Å². The molecule has 36 heavy (non-hydrogen) atoms.